The van der Waals surface area contributed by atoms with Gasteiger partial charge in [0.15, 0.2) is 0 Å². The van der Waals surface area contributed by atoms with Crippen LogP contribution in [0.4, 0.5) is 0 Å². The quantitative estimate of drug-likeness (QED) is 0.907. The van der Waals surface area contributed by atoms with Gasteiger partial charge in [0.05, 0.1) is 17.2 Å². The summed E-state index contributed by atoms with van der Waals surface area (Å²) in [6.45, 7) is 8.79. The van der Waals surface area contributed by atoms with E-state index in [9.17, 15) is 5.11 Å². The highest BCUT2D eigenvalue weighted by Gasteiger charge is 2.13. The third-order valence-corrected chi connectivity index (χ3v) is 4.05. The smallest absolute Gasteiger partial charge is 0.140 e. The molecule has 108 valence electrons. The molecule has 2 aromatic rings. The number of aryl methyl sites for hydroxylation is 2. The van der Waals surface area contributed by atoms with Gasteiger partial charge in [-0.3, -0.25) is 0 Å². The molecule has 1 aromatic heterocycles. The van der Waals surface area contributed by atoms with Gasteiger partial charge in [0.25, 0.3) is 0 Å². The molecule has 0 spiro atoms. The third-order valence-electron chi connectivity index (χ3n) is 3.02. The number of ether oxygens (including phenoxy) is 1. The lowest BCUT2D eigenvalue weighted by Gasteiger charge is -2.06. The molecule has 0 fully saturated rings. The van der Waals surface area contributed by atoms with Crippen LogP contribution in [0.15, 0.2) is 18.2 Å². The summed E-state index contributed by atoms with van der Waals surface area (Å²) in [5.74, 6) is 1.19. The number of aliphatic hydroxyl groups is 1. The average Bonchev–Trinajstić information content (AvgIpc) is 2.78. The molecule has 0 unspecified atom stereocenters. The van der Waals surface area contributed by atoms with Crippen LogP contribution in [-0.2, 0) is 13.2 Å². The molecule has 0 aliphatic heterocycles. The van der Waals surface area contributed by atoms with Crippen LogP contribution in [0.3, 0.4) is 0 Å². The Bertz CT molecular complexity index is 570. The minimum Gasteiger partial charge on any atom is -0.486 e. The van der Waals surface area contributed by atoms with Crippen molar-refractivity contribution >= 4 is 11.3 Å². The van der Waals surface area contributed by atoms with Crippen LogP contribution >= 0.6 is 11.3 Å². The lowest BCUT2D eigenvalue weighted by molar-refractivity contribution is 0.283. The molecule has 3 nitrogen and oxygen atoms in total. The minimum absolute atomic E-state index is 0.0503. The molecule has 4 heteroatoms. The number of aromatic nitrogens is 1. The highest BCUT2D eigenvalue weighted by molar-refractivity contribution is 7.11. The van der Waals surface area contributed by atoms with Crippen molar-refractivity contribution in [2.45, 2.75) is 46.8 Å². The van der Waals surface area contributed by atoms with Crippen molar-refractivity contribution < 1.29 is 9.84 Å². The van der Waals surface area contributed by atoms with E-state index in [0.717, 1.165) is 21.3 Å². The van der Waals surface area contributed by atoms with E-state index in [-0.39, 0.29) is 6.61 Å². The number of hydrogen-bond acceptors (Lipinski definition) is 4. The van der Waals surface area contributed by atoms with Crippen LogP contribution in [0, 0.1) is 13.8 Å². The second kappa shape index (κ2) is 6.37. The predicted octanol–water partition coefficient (Wildman–Crippen LogP) is 3.95. The number of rotatable bonds is 5. The molecule has 0 aliphatic carbocycles. The van der Waals surface area contributed by atoms with Crippen molar-refractivity contribution in [3.63, 3.8) is 0 Å². The summed E-state index contributed by atoms with van der Waals surface area (Å²) < 4.78 is 5.81. The normalized spacial score (nSPS) is 11.1. The molecule has 1 heterocycles. The summed E-state index contributed by atoms with van der Waals surface area (Å²) in [6, 6.07) is 6.17. The van der Waals surface area contributed by atoms with Gasteiger partial charge in [0.2, 0.25) is 0 Å². The maximum atomic E-state index is 9.37. The Morgan fingerprint density at radius 2 is 1.85 bits per heavy atom. The molecule has 1 aromatic carbocycles. The molecule has 0 saturated heterocycles. The van der Waals surface area contributed by atoms with E-state index in [0.29, 0.717) is 12.5 Å². The Balaban J connectivity index is 2.10. The van der Waals surface area contributed by atoms with Crippen LogP contribution in [-0.4, -0.2) is 10.1 Å². The van der Waals surface area contributed by atoms with Crippen LogP contribution in [0.2, 0.25) is 0 Å². The van der Waals surface area contributed by atoms with Crippen LogP contribution in [0.5, 0.6) is 5.75 Å². The van der Waals surface area contributed by atoms with Crippen LogP contribution < -0.4 is 4.74 Å². The summed E-state index contributed by atoms with van der Waals surface area (Å²) in [4.78, 5) is 5.52. The molecule has 0 atom stereocenters. The van der Waals surface area contributed by atoms with Crippen LogP contribution in [0.1, 0.15) is 46.5 Å². The minimum atomic E-state index is 0.0503. The van der Waals surface area contributed by atoms with Gasteiger partial charge in [-0.25, -0.2) is 4.98 Å². The first kappa shape index (κ1) is 15.0. The highest BCUT2D eigenvalue weighted by Crippen LogP contribution is 2.26. The summed E-state index contributed by atoms with van der Waals surface area (Å²) >= 11 is 1.53. The number of hydrogen-bond donors (Lipinski definition) is 1. The molecule has 0 saturated carbocycles. The highest BCUT2D eigenvalue weighted by atomic mass is 32.1. The Labute approximate surface area is 124 Å². The lowest BCUT2D eigenvalue weighted by atomic mass is 10.1. The molecule has 0 amide bonds. The van der Waals surface area contributed by atoms with E-state index in [1.807, 2.05) is 12.1 Å². The molecular formula is C16H21NO2S. The monoisotopic (exact) mass is 291 g/mol. The van der Waals surface area contributed by atoms with E-state index >= 15 is 0 Å². The Morgan fingerprint density at radius 3 is 2.35 bits per heavy atom. The second-order valence-electron chi connectivity index (χ2n) is 5.34. The summed E-state index contributed by atoms with van der Waals surface area (Å²) in [5.41, 5.74) is 3.37. The number of aliphatic hydroxyl groups excluding tert-OH is 1. The van der Waals surface area contributed by atoms with E-state index in [1.165, 1.54) is 22.5 Å². The van der Waals surface area contributed by atoms with Crippen molar-refractivity contribution in [3.05, 3.63) is 44.9 Å². The van der Waals surface area contributed by atoms with E-state index < -0.39 is 0 Å². The number of thiazole rings is 1. The molecule has 0 bridgehead atoms. The van der Waals surface area contributed by atoms with Gasteiger partial charge >= 0.3 is 0 Å². The third kappa shape index (κ3) is 3.58. The topological polar surface area (TPSA) is 42.4 Å². The molecular weight excluding hydrogens is 270 g/mol. The molecule has 0 aliphatic rings. The lowest BCUT2D eigenvalue weighted by Crippen LogP contribution is -1.97. The largest absolute Gasteiger partial charge is 0.486 e. The van der Waals surface area contributed by atoms with Crippen molar-refractivity contribution in [2.24, 2.45) is 0 Å². The first-order valence-electron chi connectivity index (χ1n) is 6.80. The van der Waals surface area contributed by atoms with Crippen molar-refractivity contribution in [2.75, 3.05) is 0 Å². The standard InChI is InChI=1S/C16H21NO2S/c1-10(2)16-14(8-18)20-15(17-16)9-19-13-6-11(3)5-12(4)7-13/h5-7,10,18H,8-9H2,1-4H3. The van der Waals surface area contributed by atoms with Gasteiger partial charge < -0.3 is 9.84 Å². The second-order valence-corrected chi connectivity index (χ2v) is 6.51. The Kier molecular flexibility index (Phi) is 4.78. The zero-order valence-electron chi connectivity index (χ0n) is 12.4. The maximum Gasteiger partial charge on any atom is 0.140 e. The first-order valence-corrected chi connectivity index (χ1v) is 7.61. The van der Waals surface area contributed by atoms with Gasteiger partial charge in [-0.2, -0.15) is 0 Å². The van der Waals surface area contributed by atoms with E-state index in [1.54, 1.807) is 0 Å². The zero-order valence-corrected chi connectivity index (χ0v) is 13.3. The Morgan fingerprint density at radius 1 is 1.20 bits per heavy atom. The zero-order chi connectivity index (χ0) is 14.7. The first-order chi connectivity index (χ1) is 9.49. The van der Waals surface area contributed by atoms with Crippen molar-refractivity contribution in [3.8, 4) is 5.75 Å². The van der Waals surface area contributed by atoms with Crippen molar-refractivity contribution in [1.29, 1.82) is 0 Å². The summed E-state index contributed by atoms with van der Waals surface area (Å²) in [5, 5.41) is 10.3. The van der Waals surface area contributed by atoms with Gasteiger partial charge in [-0.05, 0) is 43.0 Å². The maximum absolute atomic E-state index is 9.37. The van der Waals surface area contributed by atoms with Gasteiger partial charge in [0, 0.05) is 0 Å². The fraction of sp³-hybridized carbons (Fsp3) is 0.438. The predicted molar refractivity (Wildman–Crippen MR) is 82.4 cm³/mol. The molecule has 2 rings (SSSR count). The molecule has 0 radical (unpaired) electrons. The van der Waals surface area contributed by atoms with E-state index in [2.05, 4.69) is 38.7 Å². The van der Waals surface area contributed by atoms with Gasteiger partial charge in [0.1, 0.15) is 17.4 Å². The van der Waals surface area contributed by atoms with Gasteiger partial charge in [-0.1, -0.05) is 19.9 Å². The van der Waals surface area contributed by atoms with Crippen LogP contribution in [0.25, 0.3) is 0 Å². The number of benzene rings is 1. The number of nitrogens with zero attached hydrogens (tertiary/aromatic N) is 1. The molecule has 20 heavy (non-hydrogen) atoms. The average molecular weight is 291 g/mol. The van der Waals surface area contributed by atoms with Gasteiger partial charge in [-0.15, -0.1) is 11.3 Å². The fourth-order valence-electron chi connectivity index (χ4n) is 2.20. The van der Waals surface area contributed by atoms with Crippen molar-refractivity contribution in [1.82, 2.24) is 4.98 Å². The van der Waals surface area contributed by atoms with E-state index in [4.69, 9.17) is 4.74 Å². The SMILES string of the molecule is Cc1cc(C)cc(OCc2nc(C(C)C)c(CO)s2)c1. The molecule has 1 N–H and O–H groups in total. The summed E-state index contributed by atoms with van der Waals surface area (Å²) in [6.07, 6.45) is 0. The fourth-order valence-corrected chi connectivity index (χ4v) is 3.20. The summed E-state index contributed by atoms with van der Waals surface area (Å²) in [7, 11) is 0. The Hall–Kier alpha value is -1.39.